The van der Waals surface area contributed by atoms with E-state index in [0.717, 1.165) is 54.9 Å². The van der Waals surface area contributed by atoms with Crippen LogP contribution in [-0.4, -0.2) is 21.1 Å². The van der Waals surface area contributed by atoms with E-state index in [0.29, 0.717) is 11.4 Å². The Kier molecular flexibility index (Phi) is 4.76. The van der Waals surface area contributed by atoms with Crippen LogP contribution in [0.5, 0.6) is 0 Å². The highest BCUT2D eigenvalue weighted by atomic mass is 19.2. The number of hydrogen-bond donors (Lipinski definition) is 2. The molecule has 4 nitrogen and oxygen atoms in total. The molecular formula is C18H21F2N3O. The molecule has 3 rings (SSSR count). The molecule has 0 aliphatic heterocycles. The molecule has 1 aliphatic carbocycles. The van der Waals surface area contributed by atoms with Crippen LogP contribution in [0.1, 0.15) is 48.5 Å². The van der Waals surface area contributed by atoms with Gasteiger partial charge in [-0.05, 0) is 57.2 Å². The summed E-state index contributed by atoms with van der Waals surface area (Å²) in [5.74, 6) is -0.472. The summed E-state index contributed by atoms with van der Waals surface area (Å²) in [7, 11) is 0. The highest BCUT2D eigenvalue weighted by molar-refractivity contribution is 5.49. The van der Waals surface area contributed by atoms with Crippen molar-refractivity contribution >= 4 is 5.82 Å². The number of benzene rings is 1. The minimum absolute atomic E-state index is 0.327. The zero-order valence-corrected chi connectivity index (χ0v) is 13.8. The zero-order valence-electron chi connectivity index (χ0n) is 13.8. The second-order valence-corrected chi connectivity index (χ2v) is 6.30. The molecule has 1 heterocycles. The monoisotopic (exact) mass is 333 g/mol. The first-order valence-electron chi connectivity index (χ1n) is 8.21. The number of fused-ring (bicyclic) bond motifs is 1. The largest absolute Gasteiger partial charge is 0.386 e. The second-order valence-electron chi connectivity index (χ2n) is 6.30. The van der Waals surface area contributed by atoms with E-state index in [-0.39, 0.29) is 0 Å². The van der Waals surface area contributed by atoms with Crippen molar-refractivity contribution < 1.29 is 13.9 Å². The normalized spacial score (nSPS) is 16.4. The predicted molar refractivity (Wildman–Crippen MR) is 87.8 cm³/mol. The zero-order chi connectivity index (χ0) is 17.3. The van der Waals surface area contributed by atoms with Crippen molar-refractivity contribution in [1.82, 2.24) is 9.97 Å². The van der Waals surface area contributed by atoms with Crippen LogP contribution < -0.4 is 5.32 Å². The molecule has 0 spiro atoms. The van der Waals surface area contributed by atoms with Crippen LogP contribution in [0, 0.1) is 18.6 Å². The number of nitrogens with one attached hydrogen (secondary N) is 1. The average molecular weight is 333 g/mol. The first-order chi connectivity index (χ1) is 11.5. The van der Waals surface area contributed by atoms with Crippen LogP contribution in [0.3, 0.4) is 0 Å². The summed E-state index contributed by atoms with van der Waals surface area (Å²) in [6.45, 7) is 3.63. The van der Waals surface area contributed by atoms with E-state index < -0.39 is 23.8 Å². The fourth-order valence-electron chi connectivity index (χ4n) is 3.12. The summed E-state index contributed by atoms with van der Waals surface area (Å²) < 4.78 is 26.4. The molecule has 6 heteroatoms. The number of rotatable bonds is 4. The van der Waals surface area contributed by atoms with Crippen molar-refractivity contribution in [3.05, 3.63) is 52.5 Å². The SMILES string of the molecule is Cc1nc2c(c(NC(C)C(O)c3ccc(F)c(F)c3)n1)CCCC2. The number of hydrogen-bond acceptors (Lipinski definition) is 4. The van der Waals surface area contributed by atoms with Gasteiger partial charge in [0.1, 0.15) is 11.6 Å². The van der Waals surface area contributed by atoms with Gasteiger partial charge in [0.25, 0.3) is 0 Å². The third kappa shape index (κ3) is 3.38. The van der Waals surface area contributed by atoms with Gasteiger partial charge in [0.2, 0.25) is 0 Å². The second kappa shape index (κ2) is 6.81. The van der Waals surface area contributed by atoms with Gasteiger partial charge in [0.05, 0.1) is 12.1 Å². The predicted octanol–water partition coefficient (Wildman–Crippen LogP) is 3.48. The molecule has 0 radical (unpaired) electrons. The summed E-state index contributed by atoms with van der Waals surface area (Å²) in [6, 6.07) is 3.04. The molecule has 128 valence electrons. The summed E-state index contributed by atoms with van der Waals surface area (Å²) >= 11 is 0. The average Bonchev–Trinajstić information content (AvgIpc) is 2.56. The lowest BCUT2D eigenvalue weighted by atomic mass is 9.95. The first-order valence-corrected chi connectivity index (χ1v) is 8.21. The van der Waals surface area contributed by atoms with Crippen molar-refractivity contribution in [3.63, 3.8) is 0 Å². The molecule has 1 aromatic heterocycles. The molecule has 2 atom stereocenters. The summed E-state index contributed by atoms with van der Waals surface area (Å²) in [5.41, 5.74) is 2.48. The molecule has 0 saturated carbocycles. The van der Waals surface area contributed by atoms with Crippen molar-refractivity contribution in [1.29, 1.82) is 0 Å². The van der Waals surface area contributed by atoms with E-state index in [9.17, 15) is 13.9 Å². The van der Waals surface area contributed by atoms with Gasteiger partial charge in [-0.3, -0.25) is 0 Å². The molecule has 2 aromatic rings. The standard InChI is InChI=1S/C18H21F2N3O/c1-10(17(24)12-7-8-14(19)15(20)9-12)21-18-13-5-3-4-6-16(13)22-11(2)23-18/h7-10,17,24H,3-6H2,1-2H3,(H,21,22,23). The molecule has 2 unspecified atom stereocenters. The van der Waals surface area contributed by atoms with Gasteiger partial charge >= 0.3 is 0 Å². The highest BCUT2D eigenvalue weighted by Crippen LogP contribution is 2.28. The highest BCUT2D eigenvalue weighted by Gasteiger charge is 2.22. The molecule has 1 aromatic carbocycles. The van der Waals surface area contributed by atoms with Crippen molar-refractivity contribution in [2.75, 3.05) is 5.32 Å². The van der Waals surface area contributed by atoms with Crippen molar-refractivity contribution in [2.45, 2.75) is 51.7 Å². The van der Waals surface area contributed by atoms with Gasteiger partial charge in [-0.25, -0.2) is 18.7 Å². The maximum absolute atomic E-state index is 13.4. The van der Waals surface area contributed by atoms with Crippen LogP contribution in [0.25, 0.3) is 0 Å². The Morgan fingerprint density at radius 1 is 1.12 bits per heavy atom. The Labute approximate surface area is 140 Å². The van der Waals surface area contributed by atoms with E-state index in [1.807, 2.05) is 6.92 Å². The van der Waals surface area contributed by atoms with Crippen molar-refractivity contribution in [3.8, 4) is 0 Å². The fraction of sp³-hybridized carbons (Fsp3) is 0.444. The topological polar surface area (TPSA) is 58.0 Å². The van der Waals surface area contributed by atoms with Crippen LogP contribution >= 0.6 is 0 Å². The first kappa shape index (κ1) is 16.8. The van der Waals surface area contributed by atoms with Crippen molar-refractivity contribution in [2.24, 2.45) is 0 Å². The van der Waals surface area contributed by atoms with Gasteiger partial charge in [-0.15, -0.1) is 0 Å². The summed E-state index contributed by atoms with van der Waals surface area (Å²) in [6.07, 6.45) is 3.08. The third-order valence-corrected chi connectivity index (χ3v) is 4.42. The molecule has 0 amide bonds. The van der Waals surface area contributed by atoms with E-state index in [1.54, 1.807) is 6.92 Å². The summed E-state index contributed by atoms with van der Waals surface area (Å²) in [5, 5.41) is 13.7. The molecule has 2 N–H and O–H groups in total. The Morgan fingerprint density at radius 3 is 2.62 bits per heavy atom. The number of halogens is 2. The van der Waals surface area contributed by atoms with E-state index in [4.69, 9.17) is 0 Å². The van der Waals surface area contributed by atoms with Crippen LogP contribution in [0.15, 0.2) is 18.2 Å². The minimum Gasteiger partial charge on any atom is -0.386 e. The van der Waals surface area contributed by atoms with Crippen LogP contribution in [0.4, 0.5) is 14.6 Å². The lowest BCUT2D eigenvalue weighted by Gasteiger charge is -2.25. The lowest BCUT2D eigenvalue weighted by Crippen LogP contribution is -2.26. The molecule has 0 saturated heterocycles. The third-order valence-electron chi connectivity index (χ3n) is 4.42. The number of aliphatic hydroxyl groups is 1. The molecule has 0 fully saturated rings. The van der Waals surface area contributed by atoms with Crippen LogP contribution in [0.2, 0.25) is 0 Å². The number of aliphatic hydroxyl groups excluding tert-OH is 1. The Bertz CT molecular complexity index is 751. The van der Waals surface area contributed by atoms with Gasteiger partial charge < -0.3 is 10.4 Å². The molecular weight excluding hydrogens is 312 g/mol. The van der Waals surface area contributed by atoms with Gasteiger partial charge in [-0.2, -0.15) is 0 Å². The molecule has 1 aliphatic rings. The van der Waals surface area contributed by atoms with E-state index in [2.05, 4.69) is 15.3 Å². The smallest absolute Gasteiger partial charge is 0.159 e. The maximum Gasteiger partial charge on any atom is 0.159 e. The quantitative estimate of drug-likeness (QED) is 0.899. The van der Waals surface area contributed by atoms with E-state index in [1.165, 1.54) is 6.07 Å². The number of aromatic nitrogens is 2. The minimum atomic E-state index is -0.977. The maximum atomic E-state index is 13.4. The van der Waals surface area contributed by atoms with Gasteiger partial charge in [0.15, 0.2) is 11.6 Å². The van der Waals surface area contributed by atoms with Crippen LogP contribution in [-0.2, 0) is 12.8 Å². The Balaban J connectivity index is 1.82. The Morgan fingerprint density at radius 2 is 1.88 bits per heavy atom. The van der Waals surface area contributed by atoms with Gasteiger partial charge in [0, 0.05) is 11.3 Å². The number of anilines is 1. The number of nitrogens with zero attached hydrogens (tertiary/aromatic N) is 2. The number of aryl methyl sites for hydroxylation is 2. The molecule has 24 heavy (non-hydrogen) atoms. The lowest BCUT2D eigenvalue weighted by molar-refractivity contribution is 0.160. The van der Waals surface area contributed by atoms with E-state index >= 15 is 0 Å². The Hall–Kier alpha value is -2.08. The fourth-order valence-corrected chi connectivity index (χ4v) is 3.12. The molecule has 0 bridgehead atoms. The van der Waals surface area contributed by atoms with Gasteiger partial charge in [-0.1, -0.05) is 6.07 Å². The summed E-state index contributed by atoms with van der Waals surface area (Å²) in [4.78, 5) is 8.97.